The molecule has 19 heavy (non-hydrogen) atoms. The Kier molecular flexibility index (Phi) is 7.15. The first-order valence-corrected chi connectivity index (χ1v) is 7.39. The molecule has 0 radical (unpaired) electrons. The number of hydrogen-bond acceptors (Lipinski definition) is 2. The molecule has 2 nitrogen and oxygen atoms in total. The molecule has 1 fully saturated rings. The lowest BCUT2D eigenvalue weighted by Gasteiger charge is -2.33. The predicted octanol–water partition coefficient (Wildman–Crippen LogP) is 3.19. The molecule has 0 spiro atoms. The molecule has 0 aromatic rings. The van der Waals surface area contributed by atoms with Crippen LogP contribution in [0.1, 0.15) is 39.5 Å². The van der Waals surface area contributed by atoms with Crippen molar-refractivity contribution < 1.29 is 13.2 Å². The standard InChI is InChI=1S/C14H27F3N2/c1-11(2)9-18-7-8-19-10-12-5-3-4-6-13(12)14(15,16)17/h11-13,18-19H,3-10H2,1-2H3. The van der Waals surface area contributed by atoms with E-state index in [2.05, 4.69) is 24.5 Å². The van der Waals surface area contributed by atoms with Crippen LogP contribution in [0.5, 0.6) is 0 Å². The summed E-state index contributed by atoms with van der Waals surface area (Å²) < 4.78 is 38.6. The Morgan fingerprint density at radius 3 is 2.32 bits per heavy atom. The number of rotatable bonds is 7. The van der Waals surface area contributed by atoms with Gasteiger partial charge in [-0.05, 0) is 37.8 Å². The highest BCUT2D eigenvalue weighted by Gasteiger charge is 2.44. The molecule has 1 saturated carbocycles. The van der Waals surface area contributed by atoms with Crippen molar-refractivity contribution in [3.05, 3.63) is 0 Å². The molecule has 0 amide bonds. The van der Waals surface area contributed by atoms with Gasteiger partial charge in [-0.3, -0.25) is 0 Å². The average Bonchev–Trinajstić information content (AvgIpc) is 2.32. The van der Waals surface area contributed by atoms with Crippen molar-refractivity contribution in [2.75, 3.05) is 26.2 Å². The predicted molar refractivity (Wildman–Crippen MR) is 72.1 cm³/mol. The molecular formula is C14H27F3N2. The fraction of sp³-hybridized carbons (Fsp3) is 1.00. The van der Waals surface area contributed by atoms with Crippen molar-refractivity contribution in [3.8, 4) is 0 Å². The highest BCUT2D eigenvalue weighted by Crippen LogP contribution is 2.41. The van der Waals surface area contributed by atoms with E-state index in [9.17, 15) is 13.2 Å². The lowest BCUT2D eigenvalue weighted by atomic mass is 9.79. The van der Waals surface area contributed by atoms with Gasteiger partial charge in [0.1, 0.15) is 0 Å². The number of halogens is 3. The maximum absolute atomic E-state index is 12.9. The lowest BCUT2D eigenvalue weighted by molar-refractivity contribution is -0.195. The Balaban J connectivity index is 2.19. The lowest BCUT2D eigenvalue weighted by Crippen LogP contribution is -2.40. The zero-order chi connectivity index (χ0) is 14.3. The van der Waals surface area contributed by atoms with Gasteiger partial charge in [-0.2, -0.15) is 13.2 Å². The molecule has 114 valence electrons. The minimum atomic E-state index is -4.03. The van der Waals surface area contributed by atoms with Crippen LogP contribution < -0.4 is 10.6 Å². The maximum Gasteiger partial charge on any atom is 0.392 e. The zero-order valence-corrected chi connectivity index (χ0v) is 12.0. The highest BCUT2D eigenvalue weighted by molar-refractivity contribution is 4.82. The van der Waals surface area contributed by atoms with Crippen molar-refractivity contribution in [2.45, 2.75) is 45.7 Å². The van der Waals surface area contributed by atoms with Crippen LogP contribution >= 0.6 is 0 Å². The van der Waals surface area contributed by atoms with Crippen LogP contribution in [-0.4, -0.2) is 32.4 Å². The van der Waals surface area contributed by atoms with Crippen molar-refractivity contribution in [3.63, 3.8) is 0 Å². The topological polar surface area (TPSA) is 24.1 Å². The van der Waals surface area contributed by atoms with E-state index in [0.29, 0.717) is 25.3 Å². The fourth-order valence-electron chi connectivity index (χ4n) is 2.74. The third kappa shape index (κ3) is 6.61. The number of nitrogens with one attached hydrogen (secondary N) is 2. The SMILES string of the molecule is CC(C)CNCCNCC1CCCCC1C(F)(F)F. The van der Waals surface area contributed by atoms with E-state index in [0.717, 1.165) is 32.5 Å². The quantitative estimate of drug-likeness (QED) is 0.700. The molecule has 1 aliphatic carbocycles. The number of hydrogen-bond donors (Lipinski definition) is 2. The minimum absolute atomic E-state index is 0.237. The molecule has 0 aromatic carbocycles. The summed E-state index contributed by atoms with van der Waals surface area (Å²) in [4.78, 5) is 0. The van der Waals surface area contributed by atoms with Gasteiger partial charge in [0.15, 0.2) is 0 Å². The summed E-state index contributed by atoms with van der Waals surface area (Å²) in [6, 6.07) is 0. The minimum Gasteiger partial charge on any atom is -0.315 e. The molecule has 0 aliphatic heterocycles. The Morgan fingerprint density at radius 1 is 1.05 bits per heavy atom. The molecule has 2 atom stereocenters. The van der Waals surface area contributed by atoms with E-state index in [1.807, 2.05) is 0 Å². The second kappa shape index (κ2) is 8.10. The smallest absolute Gasteiger partial charge is 0.315 e. The first kappa shape index (κ1) is 16.8. The third-order valence-corrected chi connectivity index (χ3v) is 3.77. The van der Waals surface area contributed by atoms with E-state index in [1.165, 1.54) is 0 Å². The Bertz CT molecular complexity index is 241. The molecule has 2 N–H and O–H groups in total. The van der Waals surface area contributed by atoms with Gasteiger partial charge in [0.25, 0.3) is 0 Å². The van der Waals surface area contributed by atoms with E-state index >= 15 is 0 Å². The van der Waals surface area contributed by atoms with Gasteiger partial charge in [0.05, 0.1) is 5.92 Å². The van der Waals surface area contributed by atoms with E-state index in [-0.39, 0.29) is 5.92 Å². The average molecular weight is 280 g/mol. The molecular weight excluding hydrogens is 253 g/mol. The highest BCUT2D eigenvalue weighted by atomic mass is 19.4. The van der Waals surface area contributed by atoms with E-state index < -0.39 is 12.1 Å². The zero-order valence-electron chi connectivity index (χ0n) is 12.0. The van der Waals surface area contributed by atoms with Gasteiger partial charge >= 0.3 is 6.18 Å². The molecule has 1 rings (SSSR count). The summed E-state index contributed by atoms with van der Waals surface area (Å²) in [6.07, 6.45) is -1.36. The molecule has 0 heterocycles. The Morgan fingerprint density at radius 2 is 1.68 bits per heavy atom. The largest absolute Gasteiger partial charge is 0.392 e. The van der Waals surface area contributed by atoms with Crippen molar-refractivity contribution in [1.29, 1.82) is 0 Å². The van der Waals surface area contributed by atoms with Crippen molar-refractivity contribution in [2.24, 2.45) is 17.8 Å². The summed E-state index contributed by atoms with van der Waals surface area (Å²) >= 11 is 0. The normalized spacial score (nSPS) is 24.9. The summed E-state index contributed by atoms with van der Waals surface area (Å²) in [5.41, 5.74) is 0. The van der Waals surface area contributed by atoms with Gasteiger partial charge < -0.3 is 10.6 Å². The fourth-order valence-corrected chi connectivity index (χ4v) is 2.74. The monoisotopic (exact) mass is 280 g/mol. The molecule has 5 heteroatoms. The Hall–Kier alpha value is -0.290. The third-order valence-electron chi connectivity index (χ3n) is 3.77. The van der Waals surface area contributed by atoms with Crippen LogP contribution in [0, 0.1) is 17.8 Å². The Labute approximate surface area is 114 Å². The van der Waals surface area contributed by atoms with Crippen molar-refractivity contribution in [1.82, 2.24) is 10.6 Å². The maximum atomic E-state index is 12.9. The number of alkyl halides is 3. The molecule has 0 bridgehead atoms. The van der Waals surface area contributed by atoms with Crippen LogP contribution in [0.2, 0.25) is 0 Å². The van der Waals surface area contributed by atoms with E-state index in [4.69, 9.17) is 0 Å². The van der Waals surface area contributed by atoms with E-state index in [1.54, 1.807) is 0 Å². The van der Waals surface area contributed by atoms with Gasteiger partial charge in [-0.1, -0.05) is 26.7 Å². The summed E-state index contributed by atoms with van der Waals surface area (Å²) in [6.45, 7) is 7.28. The second-order valence-electron chi connectivity index (χ2n) is 5.99. The first-order chi connectivity index (χ1) is 8.91. The van der Waals surface area contributed by atoms with Crippen LogP contribution in [0.25, 0.3) is 0 Å². The summed E-state index contributed by atoms with van der Waals surface area (Å²) in [5.74, 6) is -0.732. The van der Waals surface area contributed by atoms with Crippen LogP contribution in [0.3, 0.4) is 0 Å². The van der Waals surface area contributed by atoms with Crippen LogP contribution in [-0.2, 0) is 0 Å². The molecule has 0 aromatic heterocycles. The van der Waals surface area contributed by atoms with Crippen LogP contribution in [0.15, 0.2) is 0 Å². The van der Waals surface area contributed by atoms with Gasteiger partial charge in [-0.25, -0.2) is 0 Å². The van der Waals surface area contributed by atoms with Gasteiger partial charge in [0.2, 0.25) is 0 Å². The second-order valence-corrected chi connectivity index (χ2v) is 5.99. The summed E-state index contributed by atoms with van der Waals surface area (Å²) in [5, 5.41) is 6.45. The summed E-state index contributed by atoms with van der Waals surface area (Å²) in [7, 11) is 0. The first-order valence-electron chi connectivity index (χ1n) is 7.39. The van der Waals surface area contributed by atoms with Crippen molar-refractivity contribution >= 4 is 0 Å². The van der Waals surface area contributed by atoms with Crippen LogP contribution in [0.4, 0.5) is 13.2 Å². The molecule has 0 saturated heterocycles. The van der Waals surface area contributed by atoms with Gasteiger partial charge in [-0.15, -0.1) is 0 Å². The molecule has 2 unspecified atom stereocenters. The molecule has 1 aliphatic rings. The van der Waals surface area contributed by atoms with Gasteiger partial charge in [0, 0.05) is 13.1 Å².